The summed E-state index contributed by atoms with van der Waals surface area (Å²) in [5.41, 5.74) is -1.24. The van der Waals surface area contributed by atoms with Gasteiger partial charge in [0.25, 0.3) is 0 Å². The van der Waals surface area contributed by atoms with E-state index in [9.17, 15) is 9.59 Å². The normalized spacial score (nSPS) is 14.9. The lowest BCUT2D eigenvalue weighted by Gasteiger charge is -2.26. The van der Waals surface area contributed by atoms with Crippen molar-refractivity contribution in [2.45, 2.75) is 39.8 Å². The first-order valence-corrected chi connectivity index (χ1v) is 5.59. The van der Waals surface area contributed by atoms with Crippen LogP contribution in [0.5, 0.6) is 0 Å². The zero-order chi connectivity index (χ0) is 13.6. The van der Waals surface area contributed by atoms with Crippen LogP contribution in [-0.4, -0.2) is 47.3 Å². The fourth-order valence-corrected chi connectivity index (χ4v) is 1.00. The van der Waals surface area contributed by atoms with Crippen LogP contribution in [-0.2, 0) is 9.59 Å². The second kappa shape index (κ2) is 6.56. The Morgan fingerprint density at radius 2 is 1.29 bits per heavy atom. The van der Waals surface area contributed by atoms with Gasteiger partial charge in [-0.1, -0.05) is 0 Å². The maximum atomic E-state index is 11.8. The van der Waals surface area contributed by atoms with Crippen LogP contribution < -0.4 is 10.6 Å². The van der Waals surface area contributed by atoms with Gasteiger partial charge >= 0.3 is 0 Å². The molecule has 0 rings (SSSR count). The molecule has 0 aliphatic heterocycles. The van der Waals surface area contributed by atoms with Gasteiger partial charge < -0.3 is 20.8 Å². The third kappa shape index (κ3) is 4.70. The summed E-state index contributed by atoms with van der Waals surface area (Å²) < 4.78 is 0. The molecule has 0 aromatic heterocycles. The fourth-order valence-electron chi connectivity index (χ4n) is 1.00. The molecule has 0 saturated carbocycles. The van der Waals surface area contributed by atoms with Gasteiger partial charge in [0.2, 0.25) is 11.8 Å². The van der Waals surface area contributed by atoms with Crippen LogP contribution in [0.3, 0.4) is 0 Å². The average Bonchev–Trinajstić information content (AvgIpc) is 2.28. The van der Waals surface area contributed by atoms with Crippen LogP contribution in [0.25, 0.3) is 0 Å². The Balaban J connectivity index is 4.53. The Kier molecular flexibility index (Phi) is 6.12. The van der Waals surface area contributed by atoms with E-state index >= 15 is 0 Å². The molecular formula is C11H22N2O4. The Hall–Kier alpha value is -1.14. The van der Waals surface area contributed by atoms with Crippen molar-refractivity contribution in [3.8, 4) is 0 Å². The molecule has 0 aromatic carbocycles. The molecule has 0 heterocycles. The van der Waals surface area contributed by atoms with Crippen LogP contribution in [0.4, 0.5) is 0 Å². The Bertz CT molecular complexity index is 253. The first kappa shape index (κ1) is 15.9. The molecular weight excluding hydrogens is 224 g/mol. The topological polar surface area (TPSA) is 98.7 Å². The molecule has 0 aromatic rings. The van der Waals surface area contributed by atoms with Gasteiger partial charge in [-0.05, 0) is 27.7 Å². The predicted molar refractivity (Wildman–Crippen MR) is 63.2 cm³/mol. The van der Waals surface area contributed by atoms with E-state index in [-0.39, 0.29) is 13.2 Å². The second-order valence-corrected chi connectivity index (χ2v) is 4.74. The molecule has 0 radical (unpaired) electrons. The number of rotatable bonds is 6. The van der Waals surface area contributed by atoms with Gasteiger partial charge in [0.1, 0.15) is 5.41 Å². The highest BCUT2D eigenvalue weighted by atomic mass is 16.3. The maximum absolute atomic E-state index is 11.8. The van der Waals surface area contributed by atoms with Crippen LogP contribution in [0.1, 0.15) is 27.7 Å². The van der Waals surface area contributed by atoms with Gasteiger partial charge in [-0.2, -0.15) is 0 Å². The average molecular weight is 246 g/mol. The van der Waals surface area contributed by atoms with E-state index in [1.807, 2.05) is 0 Å². The first-order valence-electron chi connectivity index (χ1n) is 5.59. The third-order valence-corrected chi connectivity index (χ3v) is 2.44. The van der Waals surface area contributed by atoms with E-state index in [0.717, 1.165) is 0 Å². The smallest absolute Gasteiger partial charge is 0.235 e. The number of carbonyl (C=O) groups excluding carboxylic acids is 2. The van der Waals surface area contributed by atoms with E-state index < -0.39 is 29.3 Å². The summed E-state index contributed by atoms with van der Waals surface area (Å²) in [4.78, 5) is 23.6. The largest absolute Gasteiger partial charge is 0.394 e. The molecule has 100 valence electrons. The van der Waals surface area contributed by atoms with Crippen LogP contribution >= 0.6 is 0 Å². The van der Waals surface area contributed by atoms with E-state index in [2.05, 4.69) is 10.6 Å². The highest BCUT2D eigenvalue weighted by molar-refractivity contribution is 6.04. The minimum Gasteiger partial charge on any atom is -0.394 e. The highest BCUT2D eigenvalue weighted by Gasteiger charge is 2.36. The monoisotopic (exact) mass is 246 g/mol. The SMILES string of the molecule is CC(CO)NC(=O)C(C)(C)C(=O)NC(C)CO. The van der Waals surface area contributed by atoms with Crippen molar-refractivity contribution in [3.05, 3.63) is 0 Å². The molecule has 0 saturated heterocycles. The van der Waals surface area contributed by atoms with Crippen molar-refractivity contribution in [2.24, 2.45) is 5.41 Å². The number of hydrogen-bond donors (Lipinski definition) is 4. The summed E-state index contributed by atoms with van der Waals surface area (Å²) in [6.45, 7) is 5.90. The molecule has 0 aliphatic rings. The van der Waals surface area contributed by atoms with E-state index in [1.54, 1.807) is 13.8 Å². The zero-order valence-electron chi connectivity index (χ0n) is 10.8. The summed E-state index contributed by atoms with van der Waals surface area (Å²) in [7, 11) is 0. The molecule has 0 spiro atoms. The number of aliphatic hydroxyl groups is 2. The number of amides is 2. The van der Waals surface area contributed by atoms with Gasteiger partial charge in [0.05, 0.1) is 13.2 Å². The second-order valence-electron chi connectivity index (χ2n) is 4.74. The molecule has 6 nitrogen and oxygen atoms in total. The zero-order valence-corrected chi connectivity index (χ0v) is 10.8. The number of carbonyl (C=O) groups is 2. The lowest BCUT2D eigenvalue weighted by Crippen LogP contribution is -2.52. The van der Waals surface area contributed by atoms with Crippen molar-refractivity contribution in [1.82, 2.24) is 10.6 Å². The minimum absolute atomic E-state index is 0.184. The summed E-state index contributed by atoms with van der Waals surface area (Å²) >= 11 is 0. The molecule has 17 heavy (non-hydrogen) atoms. The fraction of sp³-hybridized carbons (Fsp3) is 0.818. The van der Waals surface area contributed by atoms with Gasteiger partial charge in [-0.25, -0.2) is 0 Å². The summed E-state index contributed by atoms with van der Waals surface area (Å²) in [5, 5.41) is 22.7. The van der Waals surface area contributed by atoms with Crippen LogP contribution in [0.15, 0.2) is 0 Å². The Morgan fingerprint density at radius 1 is 1.00 bits per heavy atom. The van der Waals surface area contributed by atoms with E-state index in [4.69, 9.17) is 10.2 Å². The molecule has 2 atom stereocenters. The number of aliphatic hydroxyl groups excluding tert-OH is 2. The lowest BCUT2D eigenvalue weighted by atomic mass is 9.90. The number of hydrogen-bond acceptors (Lipinski definition) is 4. The van der Waals surface area contributed by atoms with E-state index in [0.29, 0.717) is 0 Å². The quantitative estimate of drug-likeness (QED) is 0.452. The predicted octanol–water partition coefficient (Wildman–Crippen LogP) is -0.993. The van der Waals surface area contributed by atoms with Crippen molar-refractivity contribution in [1.29, 1.82) is 0 Å². The van der Waals surface area contributed by atoms with Crippen molar-refractivity contribution in [3.63, 3.8) is 0 Å². The van der Waals surface area contributed by atoms with Crippen LogP contribution in [0.2, 0.25) is 0 Å². The van der Waals surface area contributed by atoms with Gasteiger partial charge in [0.15, 0.2) is 0 Å². The van der Waals surface area contributed by atoms with Gasteiger partial charge in [-0.15, -0.1) is 0 Å². The molecule has 4 N–H and O–H groups in total. The first-order chi connectivity index (χ1) is 7.75. The minimum atomic E-state index is -1.24. The lowest BCUT2D eigenvalue weighted by molar-refractivity contribution is -0.142. The Labute approximate surface area is 101 Å². The van der Waals surface area contributed by atoms with Crippen molar-refractivity contribution < 1.29 is 19.8 Å². The summed E-state index contributed by atoms with van der Waals surface area (Å²) in [6.07, 6.45) is 0. The van der Waals surface area contributed by atoms with Crippen molar-refractivity contribution >= 4 is 11.8 Å². The molecule has 0 fully saturated rings. The third-order valence-electron chi connectivity index (χ3n) is 2.44. The molecule has 2 amide bonds. The summed E-state index contributed by atoms with van der Waals surface area (Å²) in [6, 6.07) is -0.797. The molecule has 0 aliphatic carbocycles. The van der Waals surface area contributed by atoms with Crippen molar-refractivity contribution in [2.75, 3.05) is 13.2 Å². The summed E-state index contributed by atoms with van der Waals surface area (Å²) in [5.74, 6) is -0.914. The van der Waals surface area contributed by atoms with Crippen LogP contribution in [0, 0.1) is 5.41 Å². The van der Waals surface area contributed by atoms with Gasteiger partial charge in [0, 0.05) is 12.1 Å². The van der Waals surface area contributed by atoms with Gasteiger partial charge in [-0.3, -0.25) is 9.59 Å². The standard InChI is InChI=1S/C11H22N2O4/c1-7(5-14)12-9(16)11(3,4)10(17)13-8(2)6-15/h7-8,14-15H,5-6H2,1-4H3,(H,12,16)(H,13,17). The Morgan fingerprint density at radius 3 is 1.53 bits per heavy atom. The molecule has 6 heteroatoms. The van der Waals surface area contributed by atoms with E-state index in [1.165, 1.54) is 13.8 Å². The number of nitrogens with one attached hydrogen (secondary N) is 2. The highest BCUT2D eigenvalue weighted by Crippen LogP contribution is 2.16. The maximum Gasteiger partial charge on any atom is 0.235 e. The molecule has 0 bridgehead atoms. The molecule has 2 unspecified atom stereocenters.